The van der Waals surface area contributed by atoms with Gasteiger partial charge in [-0.05, 0) is 17.7 Å². The van der Waals surface area contributed by atoms with E-state index in [0.29, 0.717) is 0 Å². The Bertz CT molecular complexity index is 279. The fourth-order valence-electron chi connectivity index (χ4n) is 1.12. The van der Waals surface area contributed by atoms with Crippen LogP contribution in [0.25, 0.3) is 0 Å². The van der Waals surface area contributed by atoms with E-state index in [1.54, 1.807) is 0 Å². The third-order valence-electron chi connectivity index (χ3n) is 1.92. The number of methoxy groups -OCH3 is 1. The molecular weight excluding hydrogens is 196 g/mol. The van der Waals surface area contributed by atoms with Crippen LogP contribution in [0.1, 0.15) is 0 Å². The van der Waals surface area contributed by atoms with Crippen LogP contribution in [0.4, 0.5) is 0 Å². The molecule has 6 heteroatoms. The Morgan fingerprint density at radius 1 is 1.62 bits per heavy atom. The highest BCUT2D eigenvalue weighted by Crippen LogP contribution is 2.23. The minimum absolute atomic E-state index is 0.712. The van der Waals surface area contributed by atoms with Crippen LogP contribution in [-0.2, 0) is 14.3 Å². The number of hydrogen-bond donors (Lipinski definition) is 1. The van der Waals surface area contributed by atoms with Crippen LogP contribution in [0.5, 0.6) is 0 Å². The molecule has 0 saturated heterocycles. The lowest BCUT2D eigenvalue weighted by atomic mass is 10.0. The van der Waals surface area contributed by atoms with Gasteiger partial charge in [-0.15, -0.1) is 0 Å². The number of nitrogens with one attached hydrogen (secondary N) is 1. The molecule has 0 aliphatic carbocycles. The fourth-order valence-corrected chi connectivity index (χ4v) is 1.39. The van der Waals surface area contributed by atoms with E-state index in [1.165, 1.54) is 31.4 Å². The van der Waals surface area contributed by atoms with Crippen LogP contribution >= 0.6 is 11.6 Å². The summed E-state index contributed by atoms with van der Waals surface area (Å²) in [4.78, 5) is 22.4. The molecule has 0 saturated carbocycles. The minimum atomic E-state index is -1.53. The second kappa shape index (κ2) is 3.35. The van der Waals surface area contributed by atoms with Gasteiger partial charge in [0.2, 0.25) is 5.54 Å². The molecule has 13 heavy (non-hydrogen) atoms. The molecule has 1 rings (SSSR count). The van der Waals surface area contributed by atoms with Gasteiger partial charge in [0.25, 0.3) is 5.24 Å². The Hall–Kier alpha value is -1.07. The van der Waals surface area contributed by atoms with Crippen LogP contribution in [0, 0.1) is 0 Å². The number of halogens is 1. The van der Waals surface area contributed by atoms with Crippen molar-refractivity contribution in [2.24, 2.45) is 0 Å². The van der Waals surface area contributed by atoms with Crippen molar-refractivity contribution >= 4 is 22.8 Å². The number of hydrazine groups is 1. The van der Waals surface area contributed by atoms with Crippen LogP contribution in [0.15, 0.2) is 12.3 Å². The van der Waals surface area contributed by atoms with E-state index in [-0.39, 0.29) is 0 Å². The summed E-state index contributed by atoms with van der Waals surface area (Å²) >= 11 is 5.34. The van der Waals surface area contributed by atoms with E-state index in [1.807, 2.05) is 0 Å². The quantitative estimate of drug-likeness (QED) is 0.378. The Morgan fingerprint density at radius 3 is 2.54 bits per heavy atom. The first-order chi connectivity index (χ1) is 6.05. The molecule has 1 heterocycles. The third kappa shape index (κ3) is 1.30. The van der Waals surface area contributed by atoms with Crippen LogP contribution in [0.3, 0.4) is 0 Å². The van der Waals surface area contributed by atoms with Gasteiger partial charge in [0.05, 0.1) is 7.11 Å². The molecule has 1 atom stereocenters. The molecule has 72 valence electrons. The maximum Gasteiger partial charge on any atom is 0.341 e. The molecule has 0 amide bonds. The third-order valence-corrected chi connectivity index (χ3v) is 2.21. The monoisotopic (exact) mass is 204 g/mol. The lowest BCUT2D eigenvalue weighted by molar-refractivity contribution is -0.154. The van der Waals surface area contributed by atoms with Crippen molar-refractivity contribution < 1.29 is 14.3 Å². The van der Waals surface area contributed by atoms with E-state index in [9.17, 15) is 9.59 Å². The summed E-state index contributed by atoms with van der Waals surface area (Å²) < 4.78 is 4.49. The highest BCUT2D eigenvalue weighted by molar-refractivity contribution is 6.68. The molecule has 0 bridgehead atoms. The number of rotatable bonds is 2. The van der Waals surface area contributed by atoms with Crippen molar-refractivity contribution in [3.63, 3.8) is 0 Å². The zero-order chi connectivity index (χ0) is 10.1. The molecule has 1 N–H and O–H groups in total. The molecule has 5 nitrogen and oxygen atoms in total. The normalized spacial score (nSPS) is 27.0. The summed E-state index contributed by atoms with van der Waals surface area (Å²) in [6, 6.07) is 0. The molecule has 0 fully saturated rings. The lowest BCUT2D eigenvalue weighted by Gasteiger charge is -2.27. The first kappa shape index (κ1) is 10.0. The van der Waals surface area contributed by atoms with E-state index >= 15 is 0 Å². The van der Waals surface area contributed by atoms with E-state index in [0.717, 1.165) is 0 Å². The van der Waals surface area contributed by atoms with Gasteiger partial charge in [-0.25, -0.2) is 4.79 Å². The maximum absolute atomic E-state index is 11.3. The molecule has 0 aromatic heterocycles. The number of likely N-dealkylation sites (N-methyl/N-ethyl adjacent to an activating group) is 1. The summed E-state index contributed by atoms with van der Waals surface area (Å²) in [6.45, 7) is 0. The lowest BCUT2D eigenvalue weighted by Crippen LogP contribution is -2.56. The van der Waals surface area contributed by atoms with Crippen LogP contribution < -0.4 is 5.43 Å². The molecule has 0 aromatic carbocycles. The topological polar surface area (TPSA) is 58.6 Å². The van der Waals surface area contributed by atoms with Crippen molar-refractivity contribution in [1.29, 1.82) is 0 Å². The standard InChI is InChI=1S/C7H9ClN2O3/c1-10-7(5(8)11,3-4-9-10)6(12)13-2/h3-4,9H,1-2H3. The minimum Gasteiger partial charge on any atom is -0.467 e. The molecular formula is C7H9ClN2O3. The number of esters is 1. The van der Waals surface area contributed by atoms with E-state index in [2.05, 4.69) is 10.2 Å². The number of hydrogen-bond acceptors (Lipinski definition) is 5. The maximum atomic E-state index is 11.3. The Labute approximate surface area is 80.3 Å². The fraction of sp³-hybridized carbons (Fsp3) is 0.429. The predicted molar refractivity (Wildman–Crippen MR) is 45.6 cm³/mol. The van der Waals surface area contributed by atoms with Crippen molar-refractivity contribution in [3.05, 3.63) is 12.3 Å². The van der Waals surface area contributed by atoms with Gasteiger partial charge in [0.1, 0.15) is 0 Å². The zero-order valence-electron chi connectivity index (χ0n) is 7.20. The van der Waals surface area contributed by atoms with Crippen molar-refractivity contribution in [2.45, 2.75) is 5.54 Å². The molecule has 1 aliphatic heterocycles. The smallest absolute Gasteiger partial charge is 0.341 e. The zero-order valence-corrected chi connectivity index (χ0v) is 7.96. The average Bonchev–Trinajstić information content (AvgIpc) is 2.47. The van der Waals surface area contributed by atoms with Crippen molar-refractivity contribution in [3.8, 4) is 0 Å². The van der Waals surface area contributed by atoms with Gasteiger partial charge in [-0.1, -0.05) is 0 Å². The summed E-state index contributed by atoms with van der Waals surface area (Å²) in [7, 11) is 2.72. The molecule has 0 aromatic rings. The Morgan fingerprint density at radius 2 is 2.23 bits per heavy atom. The van der Waals surface area contributed by atoms with Crippen LogP contribution in [-0.4, -0.2) is 35.9 Å². The predicted octanol–water partition coefficient (Wildman–Crippen LogP) is -0.373. The van der Waals surface area contributed by atoms with E-state index < -0.39 is 16.8 Å². The van der Waals surface area contributed by atoms with Crippen LogP contribution in [0.2, 0.25) is 0 Å². The Kier molecular flexibility index (Phi) is 2.58. The average molecular weight is 205 g/mol. The van der Waals surface area contributed by atoms with Gasteiger partial charge in [-0.3, -0.25) is 4.79 Å². The Balaban J connectivity index is 3.08. The van der Waals surface area contributed by atoms with Gasteiger partial charge in [-0.2, -0.15) is 5.01 Å². The largest absolute Gasteiger partial charge is 0.467 e. The molecule has 0 radical (unpaired) electrons. The summed E-state index contributed by atoms with van der Waals surface area (Å²) in [5.74, 6) is -0.712. The number of carbonyl (C=O) groups is 2. The van der Waals surface area contributed by atoms with Gasteiger partial charge < -0.3 is 10.2 Å². The molecule has 0 spiro atoms. The van der Waals surface area contributed by atoms with Gasteiger partial charge in [0.15, 0.2) is 0 Å². The first-order valence-electron chi connectivity index (χ1n) is 3.51. The second-order valence-electron chi connectivity index (χ2n) is 2.55. The van der Waals surface area contributed by atoms with E-state index in [4.69, 9.17) is 11.6 Å². The SMILES string of the molecule is COC(=O)C1(C(=O)Cl)C=CNN1C. The summed E-state index contributed by atoms with van der Waals surface area (Å²) in [5.41, 5.74) is 1.12. The number of nitrogens with zero attached hydrogens (tertiary/aromatic N) is 1. The van der Waals surface area contributed by atoms with Crippen molar-refractivity contribution in [1.82, 2.24) is 10.4 Å². The summed E-state index contributed by atoms with van der Waals surface area (Å²) in [6.07, 6.45) is 2.81. The first-order valence-corrected chi connectivity index (χ1v) is 3.89. The highest BCUT2D eigenvalue weighted by Gasteiger charge is 2.50. The van der Waals surface area contributed by atoms with Gasteiger partial charge in [0, 0.05) is 13.2 Å². The van der Waals surface area contributed by atoms with Gasteiger partial charge >= 0.3 is 5.97 Å². The highest BCUT2D eigenvalue weighted by atomic mass is 35.5. The summed E-state index contributed by atoms with van der Waals surface area (Å²) in [5, 5.41) is 0.483. The molecule has 1 unspecified atom stereocenters. The molecule has 1 aliphatic rings. The number of carbonyl (C=O) groups excluding carboxylic acids is 2. The van der Waals surface area contributed by atoms with Crippen molar-refractivity contribution in [2.75, 3.05) is 14.2 Å². The second-order valence-corrected chi connectivity index (χ2v) is 2.90. The number of ether oxygens (including phenoxy) is 1.